The van der Waals surface area contributed by atoms with Gasteiger partial charge in [0.2, 0.25) is 0 Å². The van der Waals surface area contributed by atoms with Crippen molar-refractivity contribution < 1.29 is 9.53 Å². The van der Waals surface area contributed by atoms with Crippen LogP contribution in [0, 0.1) is 5.41 Å². The summed E-state index contributed by atoms with van der Waals surface area (Å²) in [4.78, 5) is 11.0. The van der Waals surface area contributed by atoms with Crippen LogP contribution < -0.4 is 5.32 Å². The van der Waals surface area contributed by atoms with Gasteiger partial charge in [0.25, 0.3) is 0 Å². The molecule has 3 heteroatoms. The Hall–Kier alpha value is -0.570. The maximum absolute atomic E-state index is 11.0. The maximum Gasteiger partial charge on any atom is 0.319 e. The van der Waals surface area contributed by atoms with E-state index in [0.29, 0.717) is 18.0 Å². The van der Waals surface area contributed by atoms with Gasteiger partial charge in [-0.2, -0.15) is 0 Å². The summed E-state index contributed by atoms with van der Waals surface area (Å²) in [6.07, 6.45) is 10.9. The Bertz CT molecular complexity index is 236. The van der Waals surface area contributed by atoms with Gasteiger partial charge in [0, 0.05) is 6.04 Å². The molecular formula is C13H23NO2. The molecule has 0 unspecified atom stereocenters. The van der Waals surface area contributed by atoms with E-state index in [-0.39, 0.29) is 5.97 Å². The van der Waals surface area contributed by atoms with Crippen molar-refractivity contribution in [2.24, 2.45) is 5.41 Å². The van der Waals surface area contributed by atoms with Crippen LogP contribution in [0.1, 0.15) is 51.4 Å². The van der Waals surface area contributed by atoms with Crippen molar-refractivity contribution in [3.05, 3.63) is 0 Å². The molecule has 2 aliphatic carbocycles. The number of nitrogens with one attached hydrogen (secondary N) is 1. The predicted octanol–water partition coefficient (Wildman–Crippen LogP) is 2.25. The number of esters is 1. The standard InChI is InChI=1S/C13H23NO2/c1-16-12(15)10-14-11-4-8-13(9-5-11)6-2-3-7-13/h11,14H,2-10H2,1H3. The second kappa shape index (κ2) is 5.17. The van der Waals surface area contributed by atoms with Gasteiger partial charge >= 0.3 is 5.97 Å². The summed E-state index contributed by atoms with van der Waals surface area (Å²) >= 11 is 0. The van der Waals surface area contributed by atoms with Crippen molar-refractivity contribution >= 4 is 5.97 Å². The minimum atomic E-state index is -0.152. The van der Waals surface area contributed by atoms with Crippen LogP contribution in [0.3, 0.4) is 0 Å². The number of carbonyl (C=O) groups excluding carboxylic acids is 1. The van der Waals surface area contributed by atoms with E-state index >= 15 is 0 Å². The smallest absolute Gasteiger partial charge is 0.319 e. The van der Waals surface area contributed by atoms with Crippen LogP contribution >= 0.6 is 0 Å². The Morgan fingerprint density at radius 1 is 1.25 bits per heavy atom. The Labute approximate surface area is 97.9 Å². The Morgan fingerprint density at radius 3 is 2.44 bits per heavy atom. The minimum Gasteiger partial charge on any atom is -0.468 e. The highest BCUT2D eigenvalue weighted by Crippen LogP contribution is 2.48. The number of hydrogen-bond acceptors (Lipinski definition) is 3. The molecule has 0 bridgehead atoms. The molecule has 0 atom stereocenters. The summed E-state index contributed by atoms with van der Waals surface area (Å²) < 4.78 is 4.63. The van der Waals surface area contributed by atoms with Crippen molar-refractivity contribution in [2.75, 3.05) is 13.7 Å². The summed E-state index contributed by atoms with van der Waals surface area (Å²) in [5, 5.41) is 3.30. The molecule has 16 heavy (non-hydrogen) atoms. The van der Waals surface area contributed by atoms with Crippen LogP contribution in [0.25, 0.3) is 0 Å². The molecule has 1 spiro atoms. The number of hydrogen-bond donors (Lipinski definition) is 1. The summed E-state index contributed by atoms with van der Waals surface area (Å²) in [6.45, 7) is 0.369. The fraction of sp³-hybridized carbons (Fsp3) is 0.923. The first-order valence-corrected chi connectivity index (χ1v) is 6.54. The molecule has 2 saturated carbocycles. The van der Waals surface area contributed by atoms with Gasteiger partial charge < -0.3 is 10.1 Å². The van der Waals surface area contributed by atoms with Gasteiger partial charge in [-0.15, -0.1) is 0 Å². The zero-order valence-electron chi connectivity index (χ0n) is 10.3. The lowest BCUT2D eigenvalue weighted by Crippen LogP contribution is -2.39. The number of rotatable bonds is 3. The highest BCUT2D eigenvalue weighted by molar-refractivity contribution is 5.71. The van der Waals surface area contributed by atoms with Crippen LogP contribution in [0.15, 0.2) is 0 Å². The molecule has 0 aromatic heterocycles. The summed E-state index contributed by atoms with van der Waals surface area (Å²) in [7, 11) is 1.44. The van der Waals surface area contributed by atoms with E-state index in [0.717, 1.165) is 0 Å². The van der Waals surface area contributed by atoms with Crippen molar-refractivity contribution in [1.82, 2.24) is 5.32 Å². The van der Waals surface area contributed by atoms with Crippen molar-refractivity contribution in [1.29, 1.82) is 0 Å². The third kappa shape index (κ3) is 2.76. The molecule has 1 N–H and O–H groups in total. The molecule has 2 aliphatic rings. The molecule has 2 rings (SSSR count). The van der Waals surface area contributed by atoms with Crippen LogP contribution in [0.5, 0.6) is 0 Å². The van der Waals surface area contributed by atoms with E-state index in [4.69, 9.17) is 0 Å². The third-order valence-corrected chi connectivity index (χ3v) is 4.47. The Balaban J connectivity index is 1.70. The van der Waals surface area contributed by atoms with E-state index in [2.05, 4.69) is 10.1 Å². The molecule has 0 aromatic rings. The Morgan fingerprint density at radius 2 is 1.88 bits per heavy atom. The van der Waals surface area contributed by atoms with Crippen molar-refractivity contribution in [2.45, 2.75) is 57.4 Å². The summed E-state index contributed by atoms with van der Waals surface area (Å²) in [5.74, 6) is -0.152. The molecule has 0 radical (unpaired) electrons. The third-order valence-electron chi connectivity index (χ3n) is 4.47. The lowest BCUT2D eigenvalue weighted by atomic mass is 9.71. The molecule has 92 valence electrons. The SMILES string of the molecule is COC(=O)CNC1CCC2(CCCC2)CC1. The van der Waals surface area contributed by atoms with Gasteiger partial charge in [-0.3, -0.25) is 4.79 Å². The van der Waals surface area contributed by atoms with Crippen LogP contribution in [0.4, 0.5) is 0 Å². The Kier molecular flexibility index (Phi) is 3.85. The first-order valence-electron chi connectivity index (χ1n) is 6.54. The zero-order chi connectivity index (χ0) is 11.4. The van der Waals surface area contributed by atoms with E-state index in [9.17, 15) is 4.79 Å². The van der Waals surface area contributed by atoms with Crippen LogP contribution in [0.2, 0.25) is 0 Å². The quantitative estimate of drug-likeness (QED) is 0.749. The molecule has 0 aromatic carbocycles. The predicted molar refractivity (Wildman–Crippen MR) is 63.2 cm³/mol. The fourth-order valence-corrected chi connectivity index (χ4v) is 3.36. The average molecular weight is 225 g/mol. The maximum atomic E-state index is 11.0. The first-order chi connectivity index (χ1) is 7.74. The normalized spacial score (nSPS) is 24.8. The molecule has 3 nitrogen and oxygen atoms in total. The van der Waals surface area contributed by atoms with Crippen LogP contribution in [-0.2, 0) is 9.53 Å². The van der Waals surface area contributed by atoms with Gasteiger partial charge in [0.15, 0.2) is 0 Å². The molecule has 2 fully saturated rings. The van der Waals surface area contributed by atoms with Gasteiger partial charge in [-0.1, -0.05) is 12.8 Å². The monoisotopic (exact) mass is 225 g/mol. The van der Waals surface area contributed by atoms with Crippen LogP contribution in [-0.4, -0.2) is 25.7 Å². The van der Waals surface area contributed by atoms with E-state index in [1.165, 1.54) is 58.5 Å². The van der Waals surface area contributed by atoms with Gasteiger partial charge in [0.1, 0.15) is 0 Å². The first kappa shape index (κ1) is 11.9. The summed E-state index contributed by atoms with van der Waals surface area (Å²) in [5.41, 5.74) is 0.684. The highest BCUT2D eigenvalue weighted by atomic mass is 16.5. The number of carbonyl (C=O) groups is 1. The van der Waals surface area contributed by atoms with Gasteiger partial charge in [-0.05, 0) is 43.9 Å². The van der Waals surface area contributed by atoms with Gasteiger partial charge in [-0.25, -0.2) is 0 Å². The second-order valence-corrected chi connectivity index (χ2v) is 5.44. The average Bonchev–Trinajstić information content (AvgIpc) is 2.77. The topological polar surface area (TPSA) is 38.3 Å². The number of methoxy groups -OCH3 is 1. The zero-order valence-corrected chi connectivity index (χ0v) is 10.3. The lowest BCUT2D eigenvalue weighted by Gasteiger charge is -2.37. The summed E-state index contributed by atoms with van der Waals surface area (Å²) in [6, 6.07) is 0.533. The molecule has 0 saturated heterocycles. The molecule has 0 amide bonds. The molecular weight excluding hydrogens is 202 g/mol. The highest BCUT2D eigenvalue weighted by Gasteiger charge is 2.37. The lowest BCUT2D eigenvalue weighted by molar-refractivity contribution is -0.139. The minimum absolute atomic E-state index is 0.152. The van der Waals surface area contributed by atoms with E-state index in [1.54, 1.807) is 0 Å². The molecule has 0 heterocycles. The molecule has 0 aliphatic heterocycles. The van der Waals surface area contributed by atoms with E-state index in [1.807, 2.05) is 0 Å². The van der Waals surface area contributed by atoms with E-state index < -0.39 is 0 Å². The van der Waals surface area contributed by atoms with Gasteiger partial charge in [0.05, 0.1) is 13.7 Å². The largest absolute Gasteiger partial charge is 0.468 e. The van der Waals surface area contributed by atoms with Crippen molar-refractivity contribution in [3.63, 3.8) is 0 Å². The second-order valence-electron chi connectivity index (χ2n) is 5.44. The number of ether oxygens (including phenoxy) is 1. The van der Waals surface area contributed by atoms with Crippen molar-refractivity contribution in [3.8, 4) is 0 Å². The fourth-order valence-electron chi connectivity index (χ4n) is 3.36.